The topological polar surface area (TPSA) is 38.5 Å². The van der Waals surface area contributed by atoms with Crippen molar-refractivity contribution in [3.05, 3.63) is 35.6 Å². The van der Waals surface area contributed by atoms with Crippen LogP contribution in [0.4, 0.5) is 4.39 Å². The lowest BCUT2D eigenvalue weighted by Gasteiger charge is -2.44. The molecule has 2 rings (SSSR count). The first-order valence-corrected chi connectivity index (χ1v) is 7.32. The molecule has 0 spiro atoms. The first kappa shape index (κ1) is 15.4. The second-order valence-corrected chi connectivity index (χ2v) is 6.15. The van der Waals surface area contributed by atoms with Gasteiger partial charge in [0.2, 0.25) is 0 Å². The van der Waals surface area contributed by atoms with Crippen molar-refractivity contribution in [2.24, 2.45) is 5.73 Å². The minimum absolute atomic E-state index is 0.00861. The molecule has 20 heavy (non-hydrogen) atoms. The summed E-state index contributed by atoms with van der Waals surface area (Å²) in [6.45, 7) is 8.57. The summed E-state index contributed by atoms with van der Waals surface area (Å²) in [5.41, 5.74) is 7.09. The highest BCUT2D eigenvalue weighted by molar-refractivity contribution is 5.22. The molecule has 3 nitrogen and oxygen atoms in total. The summed E-state index contributed by atoms with van der Waals surface area (Å²) in [5, 5.41) is 0. The van der Waals surface area contributed by atoms with Crippen molar-refractivity contribution in [1.29, 1.82) is 0 Å². The molecule has 2 unspecified atom stereocenters. The van der Waals surface area contributed by atoms with Crippen molar-refractivity contribution >= 4 is 0 Å². The van der Waals surface area contributed by atoms with E-state index in [1.54, 1.807) is 12.1 Å². The molecule has 2 atom stereocenters. The summed E-state index contributed by atoms with van der Waals surface area (Å²) in [6, 6.07) is 6.82. The van der Waals surface area contributed by atoms with E-state index in [1.807, 2.05) is 6.07 Å². The van der Waals surface area contributed by atoms with Gasteiger partial charge in [-0.25, -0.2) is 4.39 Å². The van der Waals surface area contributed by atoms with Gasteiger partial charge >= 0.3 is 0 Å². The van der Waals surface area contributed by atoms with E-state index in [0.717, 1.165) is 25.1 Å². The van der Waals surface area contributed by atoms with Gasteiger partial charge < -0.3 is 10.5 Å². The van der Waals surface area contributed by atoms with E-state index in [2.05, 4.69) is 25.7 Å². The molecule has 1 aromatic rings. The van der Waals surface area contributed by atoms with Crippen LogP contribution in [0.2, 0.25) is 0 Å². The molecule has 1 fully saturated rings. The highest BCUT2D eigenvalue weighted by atomic mass is 19.1. The largest absolute Gasteiger partial charge is 0.373 e. The third-order valence-corrected chi connectivity index (χ3v) is 3.92. The summed E-state index contributed by atoms with van der Waals surface area (Å²) >= 11 is 0. The van der Waals surface area contributed by atoms with E-state index < -0.39 is 0 Å². The number of rotatable bonds is 4. The third kappa shape index (κ3) is 3.57. The molecule has 1 saturated heterocycles. The van der Waals surface area contributed by atoms with Crippen molar-refractivity contribution in [3.63, 3.8) is 0 Å². The fraction of sp³-hybridized carbons (Fsp3) is 0.625. The molecule has 112 valence electrons. The lowest BCUT2D eigenvalue weighted by atomic mass is 9.94. The molecule has 0 aliphatic carbocycles. The van der Waals surface area contributed by atoms with Gasteiger partial charge in [0.25, 0.3) is 0 Å². The first-order valence-electron chi connectivity index (χ1n) is 7.32. The highest BCUT2D eigenvalue weighted by Crippen LogP contribution is 2.30. The zero-order chi connectivity index (χ0) is 14.8. The fourth-order valence-corrected chi connectivity index (χ4v) is 2.93. The summed E-state index contributed by atoms with van der Waals surface area (Å²) in [4.78, 5) is 2.33. The molecule has 0 aromatic heterocycles. The van der Waals surface area contributed by atoms with Crippen LogP contribution < -0.4 is 5.73 Å². The molecule has 0 amide bonds. The number of halogens is 1. The molecule has 1 heterocycles. The predicted molar refractivity (Wildman–Crippen MR) is 79.0 cm³/mol. The number of nitrogens with two attached hydrogens (primary N) is 1. The highest BCUT2D eigenvalue weighted by Gasteiger charge is 2.34. The molecule has 1 aliphatic heterocycles. The summed E-state index contributed by atoms with van der Waals surface area (Å²) in [7, 11) is 0. The number of morpholine rings is 1. The molecule has 1 aliphatic rings. The first-order chi connectivity index (χ1) is 9.43. The number of hydrogen-bond acceptors (Lipinski definition) is 3. The maximum Gasteiger partial charge on any atom is 0.123 e. The average molecular weight is 280 g/mol. The van der Waals surface area contributed by atoms with Crippen molar-refractivity contribution in [3.8, 4) is 0 Å². The Hall–Kier alpha value is -0.970. The summed E-state index contributed by atoms with van der Waals surface area (Å²) in [5.74, 6) is -0.205. The van der Waals surface area contributed by atoms with Crippen molar-refractivity contribution in [2.75, 3.05) is 19.7 Å². The molecule has 0 bridgehead atoms. The zero-order valence-electron chi connectivity index (χ0n) is 12.6. The Kier molecular flexibility index (Phi) is 4.78. The van der Waals surface area contributed by atoms with Crippen LogP contribution >= 0.6 is 0 Å². The van der Waals surface area contributed by atoms with E-state index in [4.69, 9.17) is 10.5 Å². The van der Waals surface area contributed by atoms with Gasteiger partial charge in [-0.15, -0.1) is 0 Å². The van der Waals surface area contributed by atoms with Crippen LogP contribution in [-0.2, 0) is 4.74 Å². The number of ether oxygens (including phenoxy) is 1. The van der Waals surface area contributed by atoms with Crippen molar-refractivity contribution in [1.82, 2.24) is 4.90 Å². The van der Waals surface area contributed by atoms with Crippen LogP contribution in [0, 0.1) is 5.82 Å². The lowest BCUT2D eigenvalue weighted by molar-refractivity contribution is -0.100. The van der Waals surface area contributed by atoms with Gasteiger partial charge in [0.05, 0.1) is 18.2 Å². The number of benzene rings is 1. The molecule has 2 N–H and O–H groups in total. The third-order valence-electron chi connectivity index (χ3n) is 3.92. The Morgan fingerprint density at radius 3 is 2.80 bits per heavy atom. The summed E-state index contributed by atoms with van der Waals surface area (Å²) < 4.78 is 19.3. The molecular formula is C16H25FN2O. The van der Waals surface area contributed by atoms with Crippen LogP contribution in [0.1, 0.15) is 38.8 Å². The van der Waals surface area contributed by atoms with Crippen LogP contribution in [0.15, 0.2) is 24.3 Å². The van der Waals surface area contributed by atoms with E-state index >= 15 is 0 Å². The van der Waals surface area contributed by atoms with Gasteiger partial charge in [-0.3, -0.25) is 4.90 Å². The minimum Gasteiger partial charge on any atom is -0.373 e. The van der Waals surface area contributed by atoms with E-state index in [-0.39, 0.29) is 23.5 Å². The Morgan fingerprint density at radius 1 is 1.45 bits per heavy atom. The smallest absolute Gasteiger partial charge is 0.123 e. The predicted octanol–water partition coefficient (Wildman–Crippen LogP) is 2.71. The monoisotopic (exact) mass is 280 g/mol. The van der Waals surface area contributed by atoms with Crippen LogP contribution in [0.5, 0.6) is 0 Å². The van der Waals surface area contributed by atoms with Crippen molar-refractivity contribution < 1.29 is 9.13 Å². The SMILES string of the molecule is CCC(N)C(c1cccc(F)c1)N1CCOC(C)(C)C1. The van der Waals surface area contributed by atoms with E-state index in [9.17, 15) is 4.39 Å². The Bertz CT molecular complexity index is 450. The maximum absolute atomic E-state index is 13.5. The Morgan fingerprint density at radius 2 is 2.20 bits per heavy atom. The molecular weight excluding hydrogens is 255 g/mol. The molecule has 1 aromatic carbocycles. The van der Waals surface area contributed by atoms with Crippen molar-refractivity contribution in [2.45, 2.75) is 44.9 Å². The van der Waals surface area contributed by atoms with Crippen LogP contribution in [0.3, 0.4) is 0 Å². The Balaban J connectivity index is 2.28. The van der Waals surface area contributed by atoms with Gasteiger partial charge in [-0.2, -0.15) is 0 Å². The standard InChI is InChI=1S/C16H25FN2O/c1-4-14(18)15(12-6-5-7-13(17)10-12)19-8-9-20-16(2,3)11-19/h5-7,10,14-15H,4,8-9,11,18H2,1-3H3. The van der Waals surface area contributed by atoms with Gasteiger partial charge in [0.15, 0.2) is 0 Å². The van der Waals surface area contributed by atoms with E-state index in [0.29, 0.717) is 6.61 Å². The average Bonchev–Trinajstić information content (AvgIpc) is 2.38. The fourth-order valence-electron chi connectivity index (χ4n) is 2.93. The van der Waals surface area contributed by atoms with E-state index in [1.165, 1.54) is 6.07 Å². The minimum atomic E-state index is -0.205. The maximum atomic E-state index is 13.5. The number of nitrogens with zero attached hydrogens (tertiary/aromatic N) is 1. The molecule has 4 heteroatoms. The summed E-state index contributed by atoms with van der Waals surface area (Å²) in [6.07, 6.45) is 0.860. The Labute approximate surface area is 120 Å². The zero-order valence-corrected chi connectivity index (χ0v) is 12.6. The van der Waals surface area contributed by atoms with Gasteiger partial charge in [-0.1, -0.05) is 19.1 Å². The normalized spacial score (nSPS) is 22.4. The molecule has 0 radical (unpaired) electrons. The lowest BCUT2D eigenvalue weighted by Crippen LogP contribution is -2.53. The second-order valence-electron chi connectivity index (χ2n) is 6.15. The van der Waals surface area contributed by atoms with Gasteiger partial charge in [-0.05, 0) is 38.0 Å². The quantitative estimate of drug-likeness (QED) is 0.921. The van der Waals surface area contributed by atoms with Gasteiger partial charge in [0, 0.05) is 19.1 Å². The number of hydrogen-bond donors (Lipinski definition) is 1. The van der Waals surface area contributed by atoms with Gasteiger partial charge in [0.1, 0.15) is 5.82 Å². The second kappa shape index (κ2) is 6.20. The van der Waals surface area contributed by atoms with Crippen LogP contribution in [0.25, 0.3) is 0 Å². The molecule has 0 saturated carbocycles. The van der Waals surface area contributed by atoms with Crippen LogP contribution in [-0.4, -0.2) is 36.2 Å².